The van der Waals surface area contributed by atoms with E-state index >= 15 is 0 Å². The highest BCUT2D eigenvalue weighted by Crippen LogP contribution is 2.40. The minimum absolute atomic E-state index is 0.160. The van der Waals surface area contributed by atoms with Crippen LogP contribution in [0.4, 0.5) is 5.69 Å². The van der Waals surface area contributed by atoms with Gasteiger partial charge in [-0.15, -0.1) is 0 Å². The molecule has 0 saturated heterocycles. The lowest BCUT2D eigenvalue weighted by Gasteiger charge is -2.37. The van der Waals surface area contributed by atoms with Gasteiger partial charge in [-0.3, -0.25) is 0 Å². The van der Waals surface area contributed by atoms with Crippen LogP contribution in [0.25, 0.3) is 0 Å². The van der Waals surface area contributed by atoms with Gasteiger partial charge in [-0.25, -0.2) is 0 Å². The van der Waals surface area contributed by atoms with Gasteiger partial charge in [0.2, 0.25) is 0 Å². The van der Waals surface area contributed by atoms with Crippen molar-refractivity contribution in [3.63, 3.8) is 0 Å². The standard InChI is InChI=1S/C16H26N2O/c1-12-7-13(2)9-15(8-12)18(4)10-16(11-19,17-3)14-5-6-14/h7-9,14,17,19H,5-6,10-11H2,1-4H3. The fourth-order valence-corrected chi connectivity index (χ4v) is 2.99. The second-order valence-corrected chi connectivity index (χ2v) is 6.04. The van der Waals surface area contributed by atoms with Crippen LogP contribution in [0.15, 0.2) is 18.2 Å². The van der Waals surface area contributed by atoms with Crippen LogP contribution in [-0.4, -0.2) is 37.9 Å². The van der Waals surface area contributed by atoms with E-state index in [9.17, 15) is 5.11 Å². The van der Waals surface area contributed by atoms with E-state index in [2.05, 4.69) is 49.3 Å². The van der Waals surface area contributed by atoms with Crippen molar-refractivity contribution in [2.75, 3.05) is 32.1 Å². The molecule has 1 unspecified atom stereocenters. The summed E-state index contributed by atoms with van der Waals surface area (Å²) >= 11 is 0. The van der Waals surface area contributed by atoms with E-state index in [1.165, 1.54) is 29.7 Å². The Morgan fingerprint density at radius 2 is 1.84 bits per heavy atom. The van der Waals surface area contributed by atoms with Crippen molar-refractivity contribution in [2.24, 2.45) is 5.92 Å². The van der Waals surface area contributed by atoms with Crippen molar-refractivity contribution in [3.8, 4) is 0 Å². The van der Waals surface area contributed by atoms with Crippen molar-refractivity contribution >= 4 is 5.69 Å². The summed E-state index contributed by atoms with van der Waals surface area (Å²) in [6, 6.07) is 6.60. The number of hydrogen-bond donors (Lipinski definition) is 2. The first-order chi connectivity index (χ1) is 9.00. The second kappa shape index (κ2) is 5.51. The maximum absolute atomic E-state index is 9.80. The van der Waals surface area contributed by atoms with E-state index < -0.39 is 0 Å². The first-order valence-electron chi connectivity index (χ1n) is 7.10. The lowest BCUT2D eigenvalue weighted by molar-refractivity contribution is 0.153. The fourth-order valence-electron chi connectivity index (χ4n) is 2.99. The van der Waals surface area contributed by atoms with Crippen LogP contribution >= 0.6 is 0 Å². The summed E-state index contributed by atoms with van der Waals surface area (Å²) in [5.41, 5.74) is 3.64. The summed E-state index contributed by atoms with van der Waals surface area (Å²) in [6.45, 7) is 5.29. The second-order valence-electron chi connectivity index (χ2n) is 6.04. The van der Waals surface area contributed by atoms with Crippen molar-refractivity contribution in [2.45, 2.75) is 32.2 Å². The summed E-state index contributed by atoms with van der Waals surface area (Å²) in [6.07, 6.45) is 2.45. The Morgan fingerprint density at radius 3 is 2.26 bits per heavy atom. The van der Waals surface area contributed by atoms with E-state index in [0.29, 0.717) is 5.92 Å². The van der Waals surface area contributed by atoms with Gasteiger partial charge in [0, 0.05) is 19.3 Å². The highest BCUT2D eigenvalue weighted by atomic mass is 16.3. The highest BCUT2D eigenvalue weighted by molar-refractivity contribution is 5.50. The molecule has 1 fully saturated rings. The molecular weight excluding hydrogens is 236 g/mol. The first-order valence-corrected chi connectivity index (χ1v) is 7.10. The minimum Gasteiger partial charge on any atom is -0.394 e. The van der Waals surface area contributed by atoms with E-state index in [1.54, 1.807) is 0 Å². The van der Waals surface area contributed by atoms with Gasteiger partial charge < -0.3 is 15.3 Å². The Labute approximate surface area is 116 Å². The average Bonchev–Trinajstić information content (AvgIpc) is 3.19. The van der Waals surface area contributed by atoms with Crippen LogP contribution in [0.3, 0.4) is 0 Å². The van der Waals surface area contributed by atoms with Crippen LogP contribution in [0.5, 0.6) is 0 Å². The molecule has 1 aromatic rings. The summed E-state index contributed by atoms with van der Waals surface area (Å²) in [4.78, 5) is 2.26. The molecule has 0 bridgehead atoms. The van der Waals surface area contributed by atoms with E-state index in [1.807, 2.05) is 7.05 Å². The van der Waals surface area contributed by atoms with Gasteiger partial charge in [0.1, 0.15) is 0 Å². The van der Waals surface area contributed by atoms with Crippen molar-refractivity contribution in [1.82, 2.24) is 5.32 Å². The molecule has 0 aromatic heterocycles. The molecule has 1 aliphatic carbocycles. The molecule has 3 heteroatoms. The summed E-state index contributed by atoms with van der Waals surface area (Å²) < 4.78 is 0. The van der Waals surface area contributed by atoms with Gasteiger partial charge in [-0.2, -0.15) is 0 Å². The maximum Gasteiger partial charge on any atom is 0.0633 e. The van der Waals surface area contributed by atoms with Crippen molar-refractivity contribution < 1.29 is 5.11 Å². The minimum atomic E-state index is -0.160. The predicted molar refractivity (Wildman–Crippen MR) is 80.8 cm³/mol. The third-order valence-corrected chi connectivity index (χ3v) is 4.31. The molecule has 1 aliphatic rings. The Hall–Kier alpha value is -1.06. The number of likely N-dealkylation sites (N-methyl/N-ethyl adjacent to an activating group) is 2. The topological polar surface area (TPSA) is 35.5 Å². The summed E-state index contributed by atoms with van der Waals surface area (Å²) in [7, 11) is 4.07. The molecule has 0 aliphatic heterocycles. The quantitative estimate of drug-likeness (QED) is 0.824. The van der Waals surface area contributed by atoms with Crippen LogP contribution in [0.2, 0.25) is 0 Å². The highest BCUT2D eigenvalue weighted by Gasteiger charge is 2.44. The first kappa shape index (κ1) is 14.4. The molecule has 0 spiro atoms. The van der Waals surface area contributed by atoms with Crippen molar-refractivity contribution in [3.05, 3.63) is 29.3 Å². The van der Waals surface area contributed by atoms with Gasteiger partial charge in [0.25, 0.3) is 0 Å². The number of nitrogens with zero attached hydrogens (tertiary/aromatic N) is 1. The van der Waals surface area contributed by atoms with Gasteiger partial charge >= 0.3 is 0 Å². The molecule has 0 heterocycles. The molecule has 106 valence electrons. The predicted octanol–water partition coefficient (Wildman–Crippen LogP) is 2.10. The molecule has 0 radical (unpaired) electrons. The van der Waals surface area contributed by atoms with Crippen LogP contribution < -0.4 is 10.2 Å². The van der Waals surface area contributed by atoms with Gasteiger partial charge in [0.05, 0.1) is 12.1 Å². The normalized spacial score (nSPS) is 18.2. The maximum atomic E-state index is 9.80. The van der Waals surface area contributed by atoms with Crippen LogP contribution in [-0.2, 0) is 0 Å². The van der Waals surface area contributed by atoms with Crippen LogP contribution in [0.1, 0.15) is 24.0 Å². The number of aliphatic hydroxyl groups excluding tert-OH is 1. The van der Waals surface area contributed by atoms with Crippen LogP contribution in [0, 0.1) is 19.8 Å². The Kier molecular flexibility index (Phi) is 4.16. The number of nitrogens with one attached hydrogen (secondary N) is 1. The third kappa shape index (κ3) is 3.10. The molecule has 1 atom stereocenters. The molecule has 0 amide bonds. The average molecular weight is 262 g/mol. The number of rotatable bonds is 6. The third-order valence-electron chi connectivity index (χ3n) is 4.31. The van der Waals surface area contributed by atoms with Crippen molar-refractivity contribution in [1.29, 1.82) is 0 Å². The molecule has 3 nitrogen and oxygen atoms in total. The van der Waals surface area contributed by atoms with E-state index in [0.717, 1.165) is 6.54 Å². The Morgan fingerprint density at radius 1 is 1.26 bits per heavy atom. The number of anilines is 1. The smallest absolute Gasteiger partial charge is 0.0633 e. The summed E-state index contributed by atoms with van der Waals surface area (Å²) in [5.74, 6) is 0.607. The molecule has 19 heavy (non-hydrogen) atoms. The number of benzene rings is 1. The van der Waals surface area contributed by atoms with Gasteiger partial charge in [-0.05, 0) is 62.9 Å². The molecule has 1 aromatic carbocycles. The van der Waals surface area contributed by atoms with Gasteiger partial charge in [-0.1, -0.05) is 6.07 Å². The molecule has 2 rings (SSSR count). The lowest BCUT2D eigenvalue weighted by Crippen LogP contribution is -2.56. The number of aliphatic hydroxyl groups is 1. The Balaban J connectivity index is 2.16. The van der Waals surface area contributed by atoms with E-state index in [4.69, 9.17) is 0 Å². The SMILES string of the molecule is CNC(CO)(CN(C)c1cc(C)cc(C)c1)C1CC1. The zero-order valence-electron chi connectivity index (χ0n) is 12.5. The largest absolute Gasteiger partial charge is 0.394 e. The fraction of sp³-hybridized carbons (Fsp3) is 0.625. The summed E-state index contributed by atoms with van der Waals surface area (Å²) in [5, 5.41) is 13.2. The monoisotopic (exact) mass is 262 g/mol. The molecule has 1 saturated carbocycles. The molecular formula is C16H26N2O. The Bertz CT molecular complexity index is 416. The zero-order chi connectivity index (χ0) is 14.0. The zero-order valence-corrected chi connectivity index (χ0v) is 12.5. The van der Waals surface area contributed by atoms with Gasteiger partial charge in [0.15, 0.2) is 0 Å². The lowest BCUT2D eigenvalue weighted by atomic mass is 9.93. The number of aryl methyl sites for hydroxylation is 2. The van der Waals surface area contributed by atoms with E-state index in [-0.39, 0.29) is 12.1 Å². The molecule has 2 N–H and O–H groups in total. The number of hydrogen-bond acceptors (Lipinski definition) is 3.